The van der Waals surface area contributed by atoms with Crippen LogP contribution in [0.5, 0.6) is 0 Å². The Kier molecular flexibility index (Phi) is 11.8. The highest BCUT2D eigenvalue weighted by Gasteiger charge is 2.13. The van der Waals surface area contributed by atoms with Crippen molar-refractivity contribution in [1.82, 2.24) is 10.6 Å². The molecular weight excluding hydrogens is 456 g/mol. The van der Waals surface area contributed by atoms with E-state index < -0.39 is 0 Å². The fourth-order valence-electron chi connectivity index (χ4n) is 3.85. The van der Waals surface area contributed by atoms with Crippen LogP contribution in [0.4, 0.5) is 0 Å². The molecule has 2 N–H and O–H groups in total. The molecule has 0 atom stereocenters. The van der Waals surface area contributed by atoms with Gasteiger partial charge in [-0.25, -0.2) is 0 Å². The summed E-state index contributed by atoms with van der Waals surface area (Å²) >= 11 is 0. The van der Waals surface area contributed by atoms with Crippen LogP contribution in [0.15, 0.2) is 60.7 Å². The summed E-state index contributed by atoms with van der Waals surface area (Å²) in [4.78, 5) is 24.1. The Morgan fingerprint density at radius 2 is 0.892 bits per heavy atom. The zero-order valence-corrected chi connectivity index (χ0v) is 23.7. The molecule has 0 spiro atoms. The van der Waals surface area contributed by atoms with E-state index in [1.807, 2.05) is 12.2 Å². The number of rotatable bonds is 12. The van der Waals surface area contributed by atoms with E-state index in [0.717, 1.165) is 43.2 Å². The molecule has 4 nitrogen and oxygen atoms in total. The molecule has 200 valence electrons. The third-order valence-electron chi connectivity index (χ3n) is 6.36. The molecule has 2 aromatic carbocycles. The number of hydrogen-bond acceptors (Lipinski definition) is 2. The first-order chi connectivity index (χ1) is 17.4. The van der Waals surface area contributed by atoms with E-state index in [4.69, 9.17) is 0 Å². The van der Waals surface area contributed by atoms with Gasteiger partial charge in [-0.2, -0.15) is 0 Å². The van der Waals surface area contributed by atoms with Gasteiger partial charge in [0.15, 0.2) is 0 Å². The summed E-state index contributed by atoms with van der Waals surface area (Å²) < 4.78 is 0. The predicted molar refractivity (Wildman–Crippen MR) is 157 cm³/mol. The molecule has 2 rings (SSSR count). The van der Waals surface area contributed by atoms with Gasteiger partial charge in [0.05, 0.1) is 0 Å². The van der Waals surface area contributed by atoms with Crippen molar-refractivity contribution in [3.8, 4) is 0 Å². The lowest BCUT2D eigenvalue weighted by atomic mass is 9.87. The second-order valence-corrected chi connectivity index (χ2v) is 11.8. The number of nitrogens with one attached hydrogen (secondary N) is 2. The third kappa shape index (κ3) is 12.1. The minimum absolute atomic E-state index is 0.0548. The fourth-order valence-corrected chi connectivity index (χ4v) is 3.85. The van der Waals surface area contributed by atoms with E-state index in [0.29, 0.717) is 13.1 Å². The zero-order chi connectivity index (χ0) is 27.3. The number of amides is 2. The van der Waals surface area contributed by atoms with E-state index in [2.05, 4.69) is 101 Å². The van der Waals surface area contributed by atoms with Crippen molar-refractivity contribution in [2.24, 2.45) is 0 Å². The van der Waals surface area contributed by atoms with Gasteiger partial charge in [-0.15, -0.1) is 0 Å². The maximum absolute atomic E-state index is 12.0. The SMILES string of the molecule is CC(C)(C)c1ccc(C=CC(=O)NCCCCCCCNC(=O)C=Cc2ccc(C(C)(C)C)cc2)cc1. The van der Waals surface area contributed by atoms with Crippen LogP contribution < -0.4 is 10.6 Å². The van der Waals surface area contributed by atoms with Gasteiger partial charge in [-0.1, -0.05) is 109 Å². The molecule has 0 aromatic heterocycles. The molecule has 0 saturated carbocycles. The van der Waals surface area contributed by atoms with Gasteiger partial charge in [-0.05, 0) is 58.1 Å². The molecule has 0 unspecified atom stereocenters. The van der Waals surface area contributed by atoms with Crippen LogP contribution >= 0.6 is 0 Å². The predicted octanol–water partition coefficient (Wildman–Crippen LogP) is 7.19. The first-order valence-electron chi connectivity index (χ1n) is 13.6. The summed E-state index contributed by atoms with van der Waals surface area (Å²) in [6, 6.07) is 16.7. The van der Waals surface area contributed by atoms with E-state index in [1.165, 1.54) is 11.1 Å². The lowest BCUT2D eigenvalue weighted by Crippen LogP contribution is -2.22. The van der Waals surface area contributed by atoms with Crippen LogP contribution in [0, 0.1) is 0 Å². The molecule has 37 heavy (non-hydrogen) atoms. The first kappa shape index (κ1) is 30.1. The molecule has 4 heteroatoms. The van der Waals surface area contributed by atoms with Crippen molar-refractivity contribution < 1.29 is 9.59 Å². The molecular formula is C33H46N2O2. The topological polar surface area (TPSA) is 58.2 Å². The van der Waals surface area contributed by atoms with Gasteiger partial charge in [0, 0.05) is 25.2 Å². The summed E-state index contributed by atoms with van der Waals surface area (Å²) in [6.07, 6.45) is 12.1. The molecule has 0 aliphatic rings. The molecule has 2 amide bonds. The highest BCUT2D eigenvalue weighted by atomic mass is 16.2. The van der Waals surface area contributed by atoms with Crippen molar-refractivity contribution in [2.75, 3.05) is 13.1 Å². The van der Waals surface area contributed by atoms with Gasteiger partial charge in [0.25, 0.3) is 0 Å². The number of benzene rings is 2. The number of hydrogen-bond donors (Lipinski definition) is 2. The highest BCUT2D eigenvalue weighted by molar-refractivity contribution is 5.92. The van der Waals surface area contributed by atoms with E-state index in [-0.39, 0.29) is 22.6 Å². The van der Waals surface area contributed by atoms with Crippen molar-refractivity contribution in [3.63, 3.8) is 0 Å². The minimum Gasteiger partial charge on any atom is -0.353 e. The standard InChI is InChI=1S/C33H46N2O2/c1-32(2,3)28-18-12-26(13-19-28)16-22-30(36)34-24-10-8-7-9-11-25-35-31(37)23-17-27-14-20-29(21-15-27)33(4,5)6/h12-23H,7-11,24-25H2,1-6H3,(H,34,36)(H,35,37). The minimum atomic E-state index is -0.0548. The number of unbranched alkanes of at least 4 members (excludes halogenated alkanes) is 4. The third-order valence-corrected chi connectivity index (χ3v) is 6.36. The number of carbonyl (C=O) groups is 2. The van der Waals surface area contributed by atoms with E-state index in [1.54, 1.807) is 12.2 Å². The average Bonchev–Trinajstić information content (AvgIpc) is 2.84. The second-order valence-electron chi connectivity index (χ2n) is 11.8. The first-order valence-corrected chi connectivity index (χ1v) is 13.6. The van der Waals surface area contributed by atoms with Crippen LogP contribution in [0.2, 0.25) is 0 Å². The monoisotopic (exact) mass is 502 g/mol. The van der Waals surface area contributed by atoms with Gasteiger partial charge in [-0.3, -0.25) is 9.59 Å². The molecule has 0 aliphatic heterocycles. The van der Waals surface area contributed by atoms with E-state index in [9.17, 15) is 9.59 Å². The van der Waals surface area contributed by atoms with Gasteiger partial charge in [0.2, 0.25) is 11.8 Å². The summed E-state index contributed by atoms with van der Waals surface area (Å²) in [6.45, 7) is 14.5. The molecule has 0 radical (unpaired) electrons. The van der Waals surface area contributed by atoms with Crippen molar-refractivity contribution in [2.45, 2.75) is 84.5 Å². The zero-order valence-electron chi connectivity index (χ0n) is 23.7. The number of carbonyl (C=O) groups excluding carboxylic acids is 2. The average molecular weight is 503 g/mol. The largest absolute Gasteiger partial charge is 0.353 e. The molecule has 0 fully saturated rings. The summed E-state index contributed by atoms with van der Waals surface area (Å²) in [5, 5.41) is 5.91. The fraction of sp³-hybridized carbons (Fsp3) is 0.455. The van der Waals surface area contributed by atoms with Crippen molar-refractivity contribution in [3.05, 3.63) is 82.9 Å². The van der Waals surface area contributed by atoms with Crippen LogP contribution in [-0.2, 0) is 20.4 Å². The highest BCUT2D eigenvalue weighted by Crippen LogP contribution is 2.23. The van der Waals surface area contributed by atoms with Crippen LogP contribution in [0.3, 0.4) is 0 Å². The Hall–Kier alpha value is -3.14. The Bertz CT molecular complexity index is 948. The Morgan fingerprint density at radius 3 is 1.22 bits per heavy atom. The Morgan fingerprint density at radius 1 is 0.568 bits per heavy atom. The van der Waals surface area contributed by atoms with Crippen LogP contribution in [0.1, 0.15) is 95.9 Å². The summed E-state index contributed by atoms with van der Waals surface area (Å²) in [7, 11) is 0. The summed E-state index contributed by atoms with van der Waals surface area (Å²) in [5.74, 6) is -0.110. The Balaban J connectivity index is 1.51. The lowest BCUT2D eigenvalue weighted by molar-refractivity contribution is -0.117. The summed E-state index contributed by atoms with van der Waals surface area (Å²) in [5.41, 5.74) is 4.88. The van der Waals surface area contributed by atoms with Crippen molar-refractivity contribution >= 4 is 24.0 Å². The molecule has 0 aliphatic carbocycles. The maximum atomic E-state index is 12.0. The second kappa shape index (κ2) is 14.6. The molecule has 0 saturated heterocycles. The van der Waals surface area contributed by atoms with Crippen molar-refractivity contribution in [1.29, 1.82) is 0 Å². The maximum Gasteiger partial charge on any atom is 0.243 e. The van der Waals surface area contributed by atoms with Gasteiger partial charge in [0.1, 0.15) is 0 Å². The molecule has 0 bridgehead atoms. The van der Waals surface area contributed by atoms with Gasteiger partial charge < -0.3 is 10.6 Å². The Labute approximate surface area is 224 Å². The van der Waals surface area contributed by atoms with Crippen LogP contribution in [0.25, 0.3) is 12.2 Å². The normalized spacial score (nSPS) is 12.3. The lowest BCUT2D eigenvalue weighted by Gasteiger charge is -2.18. The smallest absolute Gasteiger partial charge is 0.243 e. The van der Waals surface area contributed by atoms with Gasteiger partial charge >= 0.3 is 0 Å². The molecule has 0 heterocycles. The van der Waals surface area contributed by atoms with E-state index >= 15 is 0 Å². The quantitative estimate of drug-likeness (QED) is 0.238. The molecule has 2 aromatic rings. The van der Waals surface area contributed by atoms with Crippen LogP contribution in [-0.4, -0.2) is 24.9 Å².